The van der Waals surface area contributed by atoms with E-state index in [1.807, 2.05) is 30.3 Å². The minimum absolute atomic E-state index is 0.0198. The molecule has 1 saturated heterocycles. The molecule has 0 bridgehead atoms. The maximum absolute atomic E-state index is 13.8. The van der Waals surface area contributed by atoms with Crippen LogP contribution in [0.2, 0.25) is 0 Å². The van der Waals surface area contributed by atoms with Crippen molar-refractivity contribution in [2.24, 2.45) is 0 Å². The first-order chi connectivity index (χ1) is 36.1. The van der Waals surface area contributed by atoms with E-state index in [1.54, 1.807) is 23.0 Å². The summed E-state index contributed by atoms with van der Waals surface area (Å²) in [5.74, 6) is -2.36. The first-order valence-corrected chi connectivity index (χ1v) is 24.9. The second-order valence-corrected chi connectivity index (χ2v) is 17.3. The van der Waals surface area contributed by atoms with Crippen LogP contribution >= 0.6 is 23.0 Å². The lowest BCUT2D eigenvalue weighted by Crippen LogP contribution is -2.60. The van der Waals surface area contributed by atoms with E-state index in [2.05, 4.69) is 36.8 Å². The lowest BCUT2D eigenvalue weighted by atomic mass is 9.93. The number of pyridine rings is 1. The molecule has 0 saturated carbocycles. The van der Waals surface area contributed by atoms with Crippen molar-refractivity contribution in [3.05, 3.63) is 71.6 Å². The Morgan fingerprint density at radius 2 is 1.53 bits per heavy atom. The van der Waals surface area contributed by atoms with Crippen LogP contribution in [0.15, 0.2) is 54.6 Å². The molecule has 4 amide bonds. The van der Waals surface area contributed by atoms with Gasteiger partial charge in [0.1, 0.15) is 40.6 Å². The number of halogens is 1. The van der Waals surface area contributed by atoms with Gasteiger partial charge in [0.15, 0.2) is 5.82 Å². The van der Waals surface area contributed by atoms with Gasteiger partial charge in [-0.25, -0.2) is 9.97 Å². The summed E-state index contributed by atoms with van der Waals surface area (Å²) in [6.45, 7) is 3.40. The molecular formula is C49H65IN10O14. The molecule has 4 heterocycles. The number of H-pyrrole nitrogens is 1. The first-order valence-electron chi connectivity index (χ1n) is 24.0. The fraction of sp³-hybridized carbons (Fsp3) is 0.531. The van der Waals surface area contributed by atoms with Crippen LogP contribution in [0.4, 0.5) is 0 Å². The minimum atomic E-state index is -1.15. The highest BCUT2D eigenvalue weighted by Gasteiger charge is 2.39. The number of nitrogens with zero attached hydrogens (tertiary/aromatic N) is 7. The van der Waals surface area contributed by atoms with Crippen LogP contribution in [-0.4, -0.2) is 208 Å². The zero-order valence-corrected chi connectivity index (χ0v) is 44.1. The number of aromatic amines is 1. The minimum Gasteiger partial charge on any atom is -0.494 e. The Bertz CT molecular complexity index is 2500. The van der Waals surface area contributed by atoms with E-state index in [-0.39, 0.29) is 120 Å². The number of amides is 4. The average molecular weight is 1150 g/mol. The number of methoxy groups -OCH3 is 3. The van der Waals surface area contributed by atoms with Gasteiger partial charge in [0, 0.05) is 59.6 Å². The van der Waals surface area contributed by atoms with Crippen molar-refractivity contribution in [2.45, 2.75) is 37.6 Å². The fourth-order valence-corrected chi connectivity index (χ4v) is 8.30. The van der Waals surface area contributed by atoms with E-state index in [1.165, 1.54) is 54.5 Å². The van der Waals surface area contributed by atoms with Gasteiger partial charge >= 0.3 is 0 Å². The summed E-state index contributed by atoms with van der Waals surface area (Å²) >= 11 is 1.80. The molecule has 1 fully saturated rings. The molecule has 25 heteroatoms. The van der Waals surface area contributed by atoms with Crippen LogP contribution in [-0.2, 0) is 45.9 Å². The molecule has 74 heavy (non-hydrogen) atoms. The van der Waals surface area contributed by atoms with Crippen LogP contribution in [0.25, 0.3) is 22.3 Å². The number of Topliss-reactive ketones (excluding diaryl/α,β-unsaturated/α-hetero) is 1. The standard InChI is InChI=1S/C49H65IN10O14/c1-67-32-49(31-61,33-68-2)59(41(63)13-20-71-22-23-72-24-25-73-26-27-74-50)16-7-14-52-40(62)12-19-70-21-15-53-47(65)45-56-34-60(57-45)46-43-42(39(69-3)30-55-46)38(29-54-43)44(64)48(66)58-17-10-36(11-18-58)37(28-51)35-8-5-4-6-9-35/h4-6,8-9,29-30,34,54,61H,7,10-27,31-33H2,1-3H3,(H,52,62)(H,53,65). The maximum Gasteiger partial charge on any atom is 0.295 e. The van der Waals surface area contributed by atoms with Crippen molar-refractivity contribution < 1.29 is 65.3 Å². The number of likely N-dealkylation sites (tertiary alicyclic amines) is 1. The lowest BCUT2D eigenvalue weighted by molar-refractivity contribution is -0.149. The predicted octanol–water partition coefficient (Wildman–Crippen LogP) is 2.24. The average Bonchev–Trinajstić information content (AvgIpc) is 4.10. The summed E-state index contributed by atoms with van der Waals surface area (Å²) in [5, 5.41) is 30.4. The Hall–Kier alpha value is -5.96. The molecule has 5 rings (SSSR count). The number of carbonyl (C=O) groups excluding carboxylic acids is 5. The van der Waals surface area contributed by atoms with Gasteiger partial charge in [0.05, 0.1) is 127 Å². The molecule has 4 aromatic rings. The summed E-state index contributed by atoms with van der Waals surface area (Å²) in [6, 6.07) is 11.6. The Balaban J connectivity index is 1.04. The zero-order valence-electron chi connectivity index (χ0n) is 41.9. The molecule has 0 spiro atoms. The number of ether oxygens (including phenoxy) is 7. The SMILES string of the molecule is COCC(CO)(COC)N(CCCNC(=O)CCOCCNC(=O)c1ncn(-c2ncc(OC)c3c(C(=O)C(=O)N4CCC(=C(C#N)c5ccccc5)CC4)c[nH]c23)n1)C(=O)CCOCCOCCOCCOI. The molecule has 0 radical (unpaired) electrons. The summed E-state index contributed by atoms with van der Waals surface area (Å²) in [7, 11) is 4.36. The number of hydrogen-bond donors (Lipinski definition) is 4. The predicted molar refractivity (Wildman–Crippen MR) is 274 cm³/mol. The highest BCUT2D eigenvalue weighted by Crippen LogP contribution is 2.33. The van der Waals surface area contributed by atoms with Crippen LogP contribution in [0.1, 0.15) is 58.6 Å². The number of aliphatic hydroxyl groups is 1. The number of carbonyl (C=O) groups is 5. The Morgan fingerprint density at radius 1 is 0.865 bits per heavy atom. The third kappa shape index (κ3) is 16.8. The second kappa shape index (κ2) is 31.7. The molecule has 1 aliphatic heterocycles. The van der Waals surface area contributed by atoms with Crippen molar-refractivity contribution in [3.8, 4) is 17.6 Å². The van der Waals surface area contributed by atoms with Crippen molar-refractivity contribution >= 4 is 68.9 Å². The number of rotatable bonds is 34. The van der Waals surface area contributed by atoms with E-state index in [0.717, 1.165) is 11.1 Å². The van der Waals surface area contributed by atoms with E-state index < -0.39 is 29.7 Å². The number of ketones is 1. The number of piperidine rings is 1. The molecule has 3 aromatic heterocycles. The fourth-order valence-electron chi connectivity index (χ4n) is 8.12. The van der Waals surface area contributed by atoms with Gasteiger partial charge in [0.2, 0.25) is 17.6 Å². The molecule has 402 valence electrons. The molecule has 1 aromatic carbocycles. The van der Waals surface area contributed by atoms with E-state index in [9.17, 15) is 34.3 Å². The highest BCUT2D eigenvalue weighted by molar-refractivity contribution is 14.1. The van der Waals surface area contributed by atoms with E-state index in [4.69, 9.17) is 36.2 Å². The highest BCUT2D eigenvalue weighted by atomic mass is 127. The van der Waals surface area contributed by atoms with Gasteiger partial charge in [-0.3, -0.25) is 24.0 Å². The Labute approximate surface area is 443 Å². The molecule has 0 atom stereocenters. The number of nitrogens with one attached hydrogen (secondary N) is 3. The first kappa shape index (κ1) is 58.9. The summed E-state index contributed by atoms with van der Waals surface area (Å²) in [6.07, 6.45) is 5.43. The van der Waals surface area contributed by atoms with Gasteiger partial charge in [-0.05, 0) is 30.4 Å². The Morgan fingerprint density at radius 3 is 2.18 bits per heavy atom. The van der Waals surface area contributed by atoms with Crippen LogP contribution in [0.5, 0.6) is 5.75 Å². The summed E-state index contributed by atoms with van der Waals surface area (Å²) in [5.41, 5.74) is 1.56. The summed E-state index contributed by atoms with van der Waals surface area (Å²) in [4.78, 5) is 81.0. The smallest absolute Gasteiger partial charge is 0.295 e. The van der Waals surface area contributed by atoms with Gasteiger partial charge in [-0.1, -0.05) is 30.3 Å². The number of aromatic nitrogens is 5. The van der Waals surface area contributed by atoms with Crippen molar-refractivity contribution in [1.82, 2.24) is 45.2 Å². The van der Waals surface area contributed by atoms with Gasteiger partial charge < -0.3 is 66.7 Å². The summed E-state index contributed by atoms with van der Waals surface area (Å²) < 4.78 is 44.4. The quantitative estimate of drug-likeness (QED) is 0.0171. The van der Waals surface area contributed by atoms with Crippen LogP contribution < -0.4 is 15.4 Å². The zero-order chi connectivity index (χ0) is 53.1. The number of benzene rings is 1. The molecular weight excluding hydrogens is 1080 g/mol. The van der Waals surface area contributed by atoms with Gasteiger partial charge in [0.25, 0.3) is 17.6 Å². The lowest BCUT2D eigenvalue weighted by Gasteiger charge is -2.42. The van der Waals surface area contributed by atoms with E-state index in [0.29, 0.717) is 68.8 Å². The number of allylic oxidation sites excluding steroid dienone is 1. The Kier molecular flexibility index (Phi) is 25.2. The second-order valence-electron chi connectivity index (χ2n) is 16.7. The van der Waals surface area contributed by atoms with Crippen molar-refractivity contribution in [2.75, 3.05) is 133 Å². The van der Waals surface area contributed by atoms with Gasteiger partial charge in [-0.15, -0.1) is 5.10 Å². The molecule has 1 aliphatic rings. The normalized spacial score (nSPS) is 12.6. The monoisotopic (exact) mass is 1140 g/mol. The molecule has 0 unspecified atom stereocenters. The number of nitriles is 1. The van der Waals surface area contributed by atoms with E-state index >= 15 is 0 Å². The molecule has 4 N–H and O–H groups in total. The van der Waals surface area contributed by atoms with Crippen molar-refractivity contribution in [3.63, 3.8) is 0 Å². The third-order valence-corrected chi connectivity index (χ3v) is 12.2. The van der Waals surface area contributed by atoms with Crippen molar-refractivity contribution in [1.29, 1.82) is 5.26 Å². The number of aliphatic hydroxyl groups excluding tert-OH is 1. The molecule has 24 nitrogen and oxygen atoms in total. The van der Waals surface area contributed by atoms with Gasteiger partial charge in [-0.2, -0.15) is 9.94 Å². The third-order valence-electron chi connectivity index (χ3n) is 11.8. The largest absolute Gasteiger partial charge is 0.494 e. The van der Waals surface area contributed by atoms with Crippen LogP contribution in [0.3, 0.4) is 0 Å². The topological polar surface area (TPSA) is 293 Å². The molecule has 0 aliphatic carbocycles. The van der Waals surface area contributed by atoms with Crippen LogP contribution in [0, 0.1) is 11.3 Å². The maximum atomic E-state index is 13.8. The number of hydrogen-bond acceptors (Lipinski definition) is 18. The number of fused-ring (bicyclic) bond motifs is 1.